The zero-order valence-corrected chi connectivity index (χ0v) is 29.2. The lowest BCUT2D eigenvalue weighted by Gasteiger charge is -2.33. The number of hydrogen-bond donors (Lipinski definition) is 9. The Balaban J connectivity index is 1.81. The Morgan fingerprint density at radius 1 is 0.868 bits per heavy atom. The number of phenolic OH excluding ortho intramolecular Hbond substituents is 1. The van der Waals surface area contributed by atoms with Gasteiger partial charge in [0, 0.05) is 25.9 Å². The first kappa shape index (κ1) is 41.4. The van der Waals surface area contributed by atoms with Crippen LogP contribution in [0.25, 0.3) is 0 Å². The first-order valence-corrected chi connectivity index (χ1v) is 16.9. The van der Waals surface area contributed by atoms with E-state index in [1.165, 1.54) is 24.3 Å². The van der Waals surface area contributed by atoms with Crippen LogP contribution in [0.1, 0.15) is 50.2 Å². The molecule has 1 heterocycles. The number of benzene rings is 2. The summed E-state index contributed by atoms with van der Waals surface area (Å²) in [5, 5.41) is 36.3. The zero-order valence-electron chi connectivity index (χ0n) is 29.2. The Morgan fingerprint density at radius 3 is 2.04 bits per heavy atom. The van der Waals surface area contributed by atoms with E-state index in [9.17, 15) is 48.9 Å². The summed E-state index contributed by atoms with van der Waals surface area (Å²) in [5.74, 6) is -7.38. The number of ketones is 1. The zero-order chi connectivity index (χ0) is 39.3. The Bertz CT molecular complexity index is 1680. The molecule has 0 bridgehead atoms. The molecule has 4 amide bonds. The van der Waals surface area contributed by atoms with E-state index in [2.05, 4.69) is 20.9 Å². The lowest BCUT2D eigenvalue weighted by Crippen LogP contribution is -2.63. The molecule has 0 aliphatic carbocycles. The highest BCUT2D eigenvalue weighted by Gasteiger charge is 2.46. The fraction of sp³-hybridized carbons (Fsp3) is 0.429. The molecule has 0 aromatic heterocycles. The van der Waals surface area contributed by atoms with Crippen molar-refractivity contribution in [3.05, 3.63) is 65.7 Å². The molecule has 286 valence electrons. The Kier molecular flexibility index (Phi) is 14.8. The summed E-state index contributed by atoms with van der Waals surface area (Å²) in [4.78, 5) is 96.0. The van der Waals surface area contributed by atoms with Gasteiger partial charge in [0.2, 0.25) is 17.7 Å². The van der Waals surface area contributed by atoms with Gasteiger partial charge in [-0.25, -0.2) is 4.79 Å². The van der Waals surface area contributed by atoms with E-state index in [1.54, 1.807) is 30.3 Å². The van der Waals surface area contributed by atoms with E-state index in [-0.39, 0.29) is 56.9 Å². The van der Waals surface area contributed by atoms with E-state index in [0.29, 0.717) is 17.5 Å². The number of likely N-dealkylation sites (tertiary alicyclic amines) is 1. The second-order valence-electron chi connectivity index (χ2n) is 12.8. The van der Waals surface area contributed by atoms with Gasteiger partial charge in [0.15, 0.2) is 17.3 Å². The third-order valence-electron chi connectivity index (χ3n) is 8.77. The number of hydrogen-bond acceptors (Lipinski definition) is 10. The Morgan fingerprint density at radius 2 is 1.45 bits per heavy atom. The van der Waals surface area contributed by atoms with E-state index in [0.717, 1.165) is 11.8 Å². The SMILES string of the molecule is CC(=O)[C@](N)(CCCN=C(N)N)C(=O)N1CCC[C@H]1C(=O)N[C@@H](CC(=O)O)C(=O)N[C@@H](Cc1ccccc1)C(=O)N[C@@H](Cc1ccc(O)cc1)C(=O)O. The molecule has 2 aromatic rings. The molecule has 0 unspecified atom stereocenters. The van der Waals surface area contributed by atoms with Crippen LogP contribution in [0.2, 0.25) is 0 Å². The van der Waals surface area contributed by atoms with Gasteiger partial charge in [-0.15, -0.1) is 0 Å². The number of aliphatic imine (C=N–C) groups is 1. The number of carbonyl (C=O) groups excluding carboxylic acids is 5. The van der Waals surface area contributed by atoms with Crippen molar-refractivity contribution in [1.82, 2.24) is 20.9 Å². The van der Waals surface area contributed by atoms with Crippen molar-refractivity contribution in [3.63, 3.8) is 0 Å². The minimum Gasteiger partial charge on any atom is -0.508 e. The monoisotopic (exact) mass is 738 g/mol. The van der Waals surface area contributed by atoms with Gasteiger partial charge in [0.25, 0.3) is 5.91 Å². The summed E-state index contributed by atoms with van der Waals surface area (Å²) in [6.45, 7) is 1.29. The van der Waals surface area contributed by atoms with Gasteiger partial charge in [-0.1, -0.05) is 42.5 Å². The van der Waals surface area contributed by atoms with Crippen LogP contribution < -0.4 is 33.2 Å². The van der Waals surface area contributed by atoms with Crippen molar-refractivity contribution in [1.29, 1.82) is 0 Å². The topological polar surface area (TPSA) is 310 Å². The third kappa shape index (κ3) is 12.0. The number of phenols is 1. The minimum atomic E-state index is -2.01. The first-order valence-electron chi connectivity index (χ1n) is 16.9. The number of nitrogens with zero attached hydrogens (tertiary/aromatic N) is 2. The molecule has 1 aliphatic rings. The Labute approximate surface area is 305 Å². The minimum absolute atomic E-state index is 0.0370. The summed E-state index contributed by atoms with van der Waals surface area (Å²) >= 11 is 0. The lowest BCUT2D eigenvalue weighted by atomic mass is 9.88. The molecule has 0 spiro atoms. The highest BCUT2D eigenvalue weighted by molar-refractivity contribution is 6.10. The number of rotatable bonds is 19. The fourth-order valence-electron chi connectivity index (χ4n) is 5.86. The number of nitrogens with two attached hydrogens (primary N) is 3. The highest BCUT2D eigenvalue weighted by atomic mass is 16.4. The van der Waals surface area contributed by atoms with E-state index in [4.69, 9.17) is 17.2 Å². The maximum atomic E-state index is 13.7. The van der Waals surface area contributed by atoms with Crippen LogP contribution >= 0.6 is 0 Å². The lowest BCUT2D eigenvalue weighted by molar-refractivity contribution is -0.148. The molecule has 18 heteroatoms. The highest BCUT2D eigenvalue weighted by Crippen LogP contribution is 2.24. The number of carbonyl (C=O) groups is 7. The number of aromatic hydroxyl groups is 1. The van der Waals surface area contributed by atoms with E-state index < -0.39 is 77.5 Å². The summed E-state index contributed by atoms with van der Waals surface area (Å²) in [5.41, 5.74) is 16.0. The normalized spacial score (nSPS) is 16.6. The smallest absolute Gasteiger partial charge is 0.326 e. The van der Waals surface area contributed by atoms with Gasteiger partial charge in [0.05, 0.1) is 6.42 Å². The largest absolute Gasteiger partial charge is 0.508 e. The molecule has 2 aromatic carbocycles. The van der Waals surface area contributed by atoms with Gasteiger partial charge in [-0.3, -0.25) is 33.8 Å². The van der Waals surface area contributed by atoms with Crippen LogP contribution in [0, 0.1) is 0 Å². The van der Waals surface area contributed by atoms with E-state index >= 15 is 0 Å². The summed E-state index contributed by atoms with van der Waals surface area (Å²) in [7, 11) is 0. The maximum absolute atomic E-state index is 13.7. The fourth-order valence-corrected chi connectivity index (χ4v) is 5.86. The molecule has 5 atom stereocenters. The van der Waals surface area contributed by atoms with Crippen molar-refractivity contribution in [2.45, 2.75) is 81.6 Å². The number of aliphatic carboxylic acids is 2. The second-order valence-corrected chi connectivity index (χ2v) is 12.8. The molecule has 53 heavy (non-hydrogen) atoms. The molecular formula is C35H46N8O10. The molecule has 0 saturated carbocycles. The number of nitrogens with one attached hydrogen (secondary N) is 3. The standard InChI is InChI=1S/C35H46N8O10/c1-20(44)35(38,14-6-15-39-34(36)37)33(53)43-16-5-9-27(43)31(50)41-25(19-28(46)47)30(49)40-24(17-21-7-3-2-4-8-21)29(48)42-26(32(51)52)18-22-10-12-23(45)13-11-22/h2-4,7-8,10-13,24-27,45H,5-6,9,14-19,38H2,1H3,(H,40,49)(H,41,50)(H,42,48)(H,46,47)(H,51,52)(H4,36,37,39)/t24-,25-,26-,27-,35+/m0/s1. The summed E-state index contributed by atoms with van der Waals surface area (Å²) < 4.78 is 0. The van der Waals surface area contributed by atoms with Crippen LogP contribution in [-0.2, 0) is 46.4 Å². The summed E-state index contributed by atoms with van der Waals surface area (Å²) in [6, 6.07) is 8.33. The van der Waals surface area contributed by atoms with Gasteiger partial charge >= 0.3 is 11.9 Å². The number of guanidine groups is 1. The van der Waals surface area contributed by atoms with Crippen molar-refractivity contribution >= 4 is 47.3 Å². The van der Waals surface area contributed by atoms with Crippen molar-refractivity contribution < 1.29 is 48.9 Å². The molecule has 1 fully saturated rings. The van der Waals surface area contributed by atoms with Crippen LogP contribution in [0.4, 0.5) is 0 Å². The van der Waals surface area contributed by atoms with Gasteiger partial charge in [0.1, 0.15) is 29.9 Å². The first-order chi connectivity index (χ1) is 25.0. The van der Waals surface area contributed by atoms with Gasteiger partial charge in [-0.05, 0) is 55.9 Å². The number of carboxylic acids is 2. The Hall–Kier alpha value is -6.04. The molecule has 12 N–H and O–H groups in total. The van der Waals surface area contributed by atoms with Crippen molar-refractivity contribution in [2.75, 3.05) is 13.1 Å². The predicted octanol–water partition coefficient (Wildman–Crippen LogP) is -1.48. The quantitative estimate of drug-likeness (QED) is 0.0344. The van der Waals surface area contributed by atoms with E-state index in [1.807, 2.05) is 0 Å². The van der Waals surface area contributed by atoms with Crippen LogP contribution in [0.5, 0.6) is 5.75 Å². The predicted molar refractivity (Wildman–Crippen MR) is 190 cm³/mol. The van der Waals surface area contributed by atoms with Crippen molar-refractivity contribution in [2.24, 2.45) is 22.2 Å². The van der Waals surface area contributed by atoms with Crippen molar-refractivity contribution in [3.8, 4) is 5.75 Å². The molecule has 1 saturated heterocycles. The number of Topliss-reactive ketones (excluding diaryl/α,β-unsaturated/α-hetero) is 1. The average molecular weight is 739 g/mol. The molecule has 3 rings (SSSR count). The average Bonchev–Trinajstić information content (AvgIpc) is 3.60. The number of carboxylic acid groups (broad SMARTS) is 2. The molecular weight excluding hydrogens is 692 g/mol. The van der Waals surface area contributed by atoms with Gasteiger partial charge < -0.3 is 53.4 Å². The second kappa shape index (κ2) is 19.0. The maximum Gasteiger partial charge on any atom is 0.326 e. The molecule has 1 aliphatic heterocycles. The number of amides is 4. The van der Waals surface area contributed by atoms with Gasteiger partial charge in [-0.2, -0.15) is 0 Å². The third-order valence-corrected chi connectivity index (χ3v) is 8.77. The molecule has 0 radical (unpaired) electrons. The van der Waals surface area contributed by atoms with Crippen LogP contribution in [0.15, 0.2) is 59.6 Å². The summed E-state index contributed by atoms with van der Waals surface area (Å²) in [6.07, 6.45) is -0.688. The van der Waals surface area contributed by atoms with Crippen LogP contribution in [0.3, 0.4) is 0 Å². The van der Waals surface area contributed by atoms with Crippen LogP contribution in [-0.4, -0.2) is 110 Å². The molecule has 18 nitrogen and oxygen atoms in total.